The zero-order valence-corrected chi connectivity index (χ0v) is 15.7. The second kappa shape index (κ2) is 6.37. The first-order valence-electron chi connectivity index (χ1n) is 8.90. The molecule has 1 N–H and O–H groups in total. The van der Waals surface area contributed by atoms with Gasteiger partial charge in [0.1, 0.15) is 5.60 Å². The zero-order valence-electron chi connectivity index (χ0n) is 15.7. The van der Waals surface area contributed by atoms with Gasteiger partial charge in [-0.15, -0.1) is 0 Å². The Kier molecular flexibility index (Phi) is 5.03. The summed E-state index contributed by atoms with van der Waals surface area (Å²) in [7, 11) is 0. The van der Waals surface area contributed by atoms with Crippen molar-refractivity contribution in [3.8, 4) is 0 Å². The molecule has 1 saturated heterocycles. The SMILES string of the molecule is C=C(C(NC(=O)OC(C)(C)C)C(C)(C)C)N1CC2CCCC2C1. The molecule has 2 rings (SSSR count). The Morgan fingerprint density at radius 3 is 2.09 bits per heavy atom. The topological polar surface area (TPSA) is 41.6 Å². The molecule has 132 valence electrons. The van der Waals surface area contributed by atoms with Gasteiger partial charge >= 0.3 is 6.09 Å². The summed E-state index contributed by atoms with van der Waals surface area (Å²) in [6.07, 6.45) is 3.69. The lowest BCUT2D eigenvalue weighted by atomic mass is 9.84. The highest BCUT2D eigenvalue weighted by molar-refractivity contribution is 5.68. The van der Waals surface area contributed by atoms with E-state index in [1.165, 1.54) is 19.3 Å². The van der Waals surface area contributed by atoms with Crippen LogP contribution < -0.4 is 5.32 Å². The van der Waals surface area contributed by atoms with Crippen molar-refractivity contribution in [3.63, 3.8) is 0 Å². The van der Waals surface area contributed by atoms with Crippen LogP contribution in [0.15, 0.2) is 12.3 Å². The van der Waals surface area contributed by atoms with Gasteiger partial charge in [-0.25, -0.2) is 4.79 Å². The van der Waals surface area contributed by atoms with Crippen molar-refractivity contribution in [2.45, 2.75) is 72.4 Å². The average Bonchev–Trinajstić information content (AvgIpc) is 2.91. The maximum Gasteiger partial charge on any atom is 0.408 e. The molecule has 2 aliphatic rings. The van der Waals surface area contributed by atoms with E-state index in [9.17, 15) is 4.79 Å². The lowest BCUT2D eigenvalue weighted by molar-refractivity contribution is 0.0468. The lowest BCUT2D eigenvalue weighted by Crippen LogP contribution is -2.49. The fourth-order valence-electron chi connectivity index (χ4n) is 3.88. The molecule has 0 radical (unpaired) electrons. The van der Waals surface area contributed by atoms with Crippen LogP contribution in [0.5, 0.6) is 0 Å². The third kappa shape index (κ3) is 4.65. The average molecular weight is 322 g/mol. The van der Waals surface area contributed by atoms with E-state index in [-0.39, 0.29) is 17.6 Å². The molecular weight excluding hydrogens is 288 g/mol. The van der Waals surface area contributed by atoms with Crippen LogP contribution in [0.1, 0.15) is 60.8 Å². The normalized spacial score (nSPS) is 25.9. The van der Waals surface area contributed by atoms with Gasteiger partial charge in [0.15, 0.2) is 0 Å². The molecular formula is C19H34N2O2. The quantitative estimate of drug-likeness (QED) is 0.848. The largest absolute Gasteiger partial charge is 0.444 e. The number of ether oxygens (including phenoxy) is 1. The lowest BCUT2D eigenvalue weighted by Gasteiger charge is -2.37. The van der Waals surface area contributed by atoms with Crippen LogP contribution in [0.2, 0.25) is 0 Å². The van der Waals surface area contributed by atoms with E-state index in [2.05, 4.69) is 37.6 Å². The van der Waals surface area contributed by atoms with E-state index < -0.39 is 5.60 Å². The molecule has 1 saturated carbocycles. The first kappa shape index (κ1) is 18.2. The number of carbonyl (C=O) groups is 1. The van der Waals surface area contributed by atoms with Gasteiger partial charge in [-0.3, -0.25) is 0 Å². The molecule has 3 unspecified atom stereocenters. The minimum Gasteiger partial charge on any atom is -0.444 e. The molecule has 1 amide bonds. The van der Waals surface area contributed by atoms with Crippen LogP contribution in [-0.2, 0) is 4.74 Å². The van der Waals surface area contributed by atoms with Crippen molar-refractivity contribution in [3.05, 3.63) is 12.3 Å². The van der Waals surface area contributed by atoms with Gasteiger partial charge in [0.05, 0.1) is 6.04 Å². The number of hydrogen-bond donors (Lipinski definition) is 1. The summed E-state index contributed by atoms with van der Waals surface area (Å²) in [5.41, 5.74) is 0.433. The van der Waals surface area contributed by atoms with Gasteiger partial charge in [-0.05, 0) is 50.9 Å². The molecule has 4 nitrogen and oxygen atoms in total. The molecule has 0 aromatic rings. The summed E-state index contributed by atoms with van der Waals surface area (Å²) in [6, 6.07) is -0.115. The second-order valence-electron chi connectivity index (χ2n) is 9.29. The van der Waals surface area contributed by atoms with Gasteiger partial charge in [0.25, 0.3) is 0 Å². The molecule has 0 aromatic carbocycles. The van der Waals surface area contributed by atoms with Crippen LogP contribution >= 0.6 is 0 Å². The van der Waals surface area contributed by atoms with E-state index in [4.69, 9.17) is 4.74 Å². The van der Waals surface area contributed by atoms with Crippen molar-refractivity contribution in [2.24, 2.45) is 17.3 Å². The zero-order chi connectivity index (χ0) is 17.4. The Balaban J connectivity index is 2.03. The van der Waals surface area contributed by atoms with Crippen LogP contribution in [0.4, 0.5) is 4.79 Å². The summed E-state index contributed by atoms with van der Waals surface area (Å²) in [6.45, 7) is 18.6. The van der Waals surface area contributed by atoms with Crippen LogP contribution in [0, 0.1) is 17.3 Å². The summed E-state index contributed by atoms with van der Waals surface area (Å²) in [5, 5.41) is 3.05. The number of amides is 1. The van der Waals surface area contributed by atoms with Gasteiger partial charge in [0, 0.05) is 18.8 Å². The highest BCUT2D eigenvalue weighted by Crippen LogP contribution is 2.40. The summed E-state index contributed by atoms with van der Waals surface area (Å²) in [4.78, 5) is 14.6. The Morgan fingerprint density at radius 1 is 1.13 bits per heavy atom. The number of hydrogen-bond acceptors (Lipinski definition) is 3. The van der Waals surface area contributed by atoms with Crippen molar-refractivity contribution in [1.29, 1.82) is 0 Å². The molecule has 1 aliphatic heterocycles. The maximum absolute atomic E-state index is 12.2. The smallest absolute Gasteiger partial charge is 0.408 e. The van der Waals surface area contributed by atoms with E-state index in [0.29, 0.717) is 0 Å². The monoisotopic (exact) mass is 322 g/mol. The van der Waals surface area contributed by atoms with E-state index in [1.54, 1.807) is 0 Å². The number of fused-ring (bicyclic) bond motifs is 1. The molecule has 4 heteroatoms. The molecule has 0 aromatic heterocycles. The number of likely N-dealkylation sites (tertiary alicyclic amines) is 1. The molecule has 0 bridgehead atoms. The first-order valence-corrected chi connectivity index (χ1v) is 8.90. The Hall–Kier alpha value is -1.19. The predicted octanol–water partition coefficient (Wildman–Crippen LogP) is 4.17. The highest BCUT2D eigenvalue weighted by Gasteiger charge is 2.40. The van der Waals surface area contributed by atoms with Crippen LogP contribution in [-0.4, -0.2) is 35.7 Å². The van der Waals surface area contributed by atoms with Gasteiger partial charge in [-0.1, -0.05) is 33.8 Å². The number of carbonyl (C=O) groups excluding carboxylic acids is 1. The van der Waals surface area contributed by atoms with Crippen molar-refractivity contribution >= 4 is 6.09 Å². The summed E-state index contributed by atoms with van der Waals surface area (Å²) < 4.78 is 5.44. The molecule has 0 spiro atoms. The predicted molar refractivity (Wildman–Crippen MR) is 94.2 cm³/mol. The minimum absolute atomic E-state index is 0.105. The van der Waals surface area contributed by atoms with Crippen LogP contribution in [0.25, 0.3) is 0 Å². The van der Waals surface area contributed by atoms with Crippen molar-refractivity contribution in [1.82, 2.24) is 10.2 Å². The second-order valence-corrected chi connectivity index (χ2v) is 9.29. The molecule has 23 heavy (non-hydrogen) atoms. The van der Waals surface area contributed by atoms with E-state index >= 15 is 0 Å². The Morgan fingerprint density at radius 2 is 1.65 bits per heavy atom. The Labute approximate surface area is 141 Å². The van der Waals surface area contributed by atoms with Gasteiger partial charge in [0.2, 0.25) is 0 Å². The fourth-order valence-corrected chi connectivity index (χ4v) is 3.88. The number of nitrogens with one attached hydrogen (secondary N) is 1. The van der Waals surface area contributed by atoms with Crippen molar-refractivity contribution in [2.75, 3.05) is 13.1 Å². The number of rotatable bonds is 3. The number of nitrogens with zero attached hydrogens (tertiary/aromatic N) is 1. The standard InChI is InChI=1S/C19H34N2O2/c1-13(21-11-14-9-8-10-15(14)12-21)16(18(2,3)4)20-17(22)23-19(5,6)7/h14-16H,1,8-12H2,2-7H3,(H,20,22). The molecule has 3 atom stereocenters. The first-order chi connectivity index (χ1) is 10.5. The minimum atomic E-state index is -0.488. The molecule has 2 fully saturated rings. The number of alkyl carbamates (subject to hydrolysis) is 1. The van der Waals surface area contributed by atoms with E-state index in [1.807, 2.05) is 20.8 Å². The fraction of sp³-hybridized carbons (Fsp3) is 0.842. The molecule has 1 heterocycles. The van der Waals surface area contributed by atoms with Gasteiger partial charge in [-0.2, -0.15) is 0 Å². The summed E-state index contributed by atoms with van der Waals surface area (Å²) >= 11 is 0. The molecule has 1 aliphatic carbocycles. The van der Waals surface area contributed by atoms with Crippen LogP contribution in [0.3, 0.4) is 0 Å². The maximum atomic E-state index is 12.2. The summed E-state index contributed by atoms with van der Waals surface area (Å²) in [5.74, 6) is 1.63. The Bertz CT molecular complexity index is 447. The third-order valence-electron chi connectivity index (χ3n) is 4.99. The van der Waals surface area contributed by atoms with E-state index in [0.717, 1.165) is 30.6 Å². The highest BCUT2D eigenvalue weighted by atomic mass is 16.6. The third-order valence-corrected chi connectivity index (χ3v) is 4.99. The van der Waals surface area contributed by atoms with Gasteiger partial charge < -0.3 is 15.0 Å². The van der Waals surface area contributed by atoms with Crippen molar-refractivity contribution < 1.29 is 9.53 Å².